The number of hydrogen-bond acceptors (Lipinski definition) is 5. The van der Waals surface area contributed by atoms with Crippen molar-refractivity contribution in [1.82, 2.24) is 15.4 Å². The standard InChI is InChI=1S/C17H16N4O3/c1-9-7-14(21-24-9)18-17(22)16-13-5-3-10-8-11(23-2)4-6-12(10)15(13)19-20-16/h4,6-8H,3,5H2,1-2H3,(H,19,20)(H,18,21,22). The minimum Gasteiger partial charge on any atom is -0.497 e. The van der Waals surface area contributed by atoms with E-state index < -0.39 is 0 Å². The second-order valence-electron chi connectivity index (χ2n) is 5.73. The van der Waals surface area contributed by atoms with Crippen molar-refractivity contribution in [2.24, 2.45) is 0 Å². The number of nitrogens with zero attached hydrogens (tertiary/aromatic N) is 2. The molecule has 0 spiro atoms. The van der Waals surface area contributed by atoms with Crippen LogP contribution >= 0.6 is 0 Å². The summed E-state index contributed by atoms with van der Waals surface area (Å²) in [5, 5.41) is 13.7. The molecule has 0 bridgehead atoms. The highest BCUT2D eigenvalue weighted by Crippen LogP contribution is 2.35. The smallest absolute Gasteiger partial charge is 0.275 e. The van der Waals surface area contributed by atoms with E-state index in [1.54, 1.807) is 20.1 Å². The lowest BCUT2D eigenvalue weighted by Crippen LogP contribution is -2.16. The molecule has 1 amide bonds. The lowest BCUT2D eigenvalue weighted by Gasteiger charge is -2.16. The van der Waals surface area contributed by atoms with Gasteiger partial charge >= 0.3 is 0 Å². The fourth-order valence-corrected chi connectivity index (χ4v) is 3.02. The van der Waals surface area contributed by atoms with Gasteiger partial charge in [0.25, 0.3) is 5.91 Å². The minimum atomic E-state index is -0.269. The monoisotopic (exact) mass is 324 g/mol. The first-order valence-electron chi connectivity index (χ1n) is 7.65. The van der Waals surface area contributed by atoms with Crippen molar-refractivity contribution in [2.75, 3.05) is 12.4 Å². The molecule has 1 aliphatic carbocycles. The number of H-pyrrole nitrogens is 1. The van der Waals surface area contributed by atoms with Crippen LogP contribution in [0, 0.1) is 6.92 Å². The molecule has 0 saturated heterocycles. The van der Waals surface area contributed by atoms with Crippen LogP contribution in [0.4, 0.5) is 5.82 Å². The summed E-state index contributed by atoms with van der Waals surface area (Å²) in [4.78, 5) is 12.5. The topological polar surface area (TPSA) is 93.0 Å². The van der Waals surface area contributed by atoms with Gasteiger partial charge in [0, 0.05) is 17.2 Å². The zero-order valence-electron chi connectivity index (χ0n) is 13.3. The summed E-state index contributed by atoms with van der Waals surface area (Å²) in [7, 11) is 1.65. The quantitative estimate of drug-likeness (QED) is 0.772. The Balaban J connectivity index is 1.66. The molecule has 3 aromatic rings. The average Bonchev–Trinajstić information content (AvgIpc) is 3.20. The summed E-state index contributed by atoms with van der Waals surface area (Å²) < 4.78 is 10.2. The molecule has 7 heteroatoms. The predicted molar refractivity (Wildman–Crippen MR) is 87.2 cm³/mol. The molecule has 7 nitrogen and oxygen atoms in total. The summed E-state index contributed by atoms with van der Waals surface area (Å²) >= 11 is 0. The Hall–Kier alpha value is -3.09. The van der Waals surface area contributed by atoms with Crippen molar-refractivity contribution < 1.29 is 14.1 Å². The molecule has 4 rings (SSSR count). The van der Waals surface area contributed by atoms with Gasteiger partial charge in [-0.05, 0) is 43.5 Å². The van der Waals surface area contributed by atoms with E-state index in [2.05, 4.69) is 20.7 Å². The molecular formula is C17H16N4O3. The molecule has 1 aliphatic rings. The molecule has 122 valence electrons. The van der Waals surface area contributed by atoms with Crippen LogP contribution in [0.15, 0.2) is 28.8 Å². The summed E-state index contributed by atoms with van der Waals surface area (Å²) in [5.74, 6) is 1.59. The van der Waals surface area contributed by atoms with Crippen molar-refractivity contribution in [3.8, 4) is 17.0 Å². The Morgan fingerprint density at radius 2 is 2.21 bits per heavy atom. The summed E-state index contributed by atoms with van der Waals surface area (Å²) in [5.41, 5.74) is 4.41. The van der Waals surface area contributed by atoms with Gasteiger partial charge in [0.05, 0.1) is 12.8 Å². The highest BCUT2D eigenvalue weighted by Gasteiger charge is 2.26. The Bertz CT molecular complexity index is 926. The Labute approximate surface area is 138 Å². The van der Waals surface area contributed by atoms with Gasteiger partial charge in [0.15, 0.2) is 5.82 Å². The number of ether oxygens (including phenoxy) is 1. The van der Waals surface area contributed by atoms with Crippen LogP contribution in [-0.4, -0.2) is 28.4 Å². The molecule has 1 aromatic carbocycles. The number of aromatic nitrogens is 3. The highest BCUT2D eigenvalue weighted by atomic mass is 16.5. The molecule has 0 radical (unpaired) electrons. The van der Waals surface area contributed by atoms with Gasteiger partial charge in [-0.25, -0.2) is 0 Å². The molecule has 0 unspecified atom stereocenters. The van der Waals surface area contributed by atoms with E-state index in [1.165, 1.54) is 5.56 Å². The van der Waals surface area contributed by atoms with Crippen LogP contribution in [0.1, 0.15) is 27.4 Å². The normalized spacial score (nSPS) is 12.4. The van der Waals surface area contributed by atoms with Crippen molar-refractivity contribution in [1.29, 1.82) is 0 Å². The van der Waals surface area contributed by atoms with E-state index in [1.807, 2.05) is 18.2 Å². The number of hydrogen-bond donors (Lipinski definition) is 2. The molecule has 2 aromatic heterocycles. The van der Waals surface area contributed by atoms with E-state index in [9.17, 15) is 4.79 Å². The predicted octanol–water partition coefficient (Wildman–Crippen LogP) is 2.73. The molecule has 2 N–H and O–H groups in total. The molecule has 0 saturated carbocycles. The number of aryl methyl sites for hydroxylation is 2. The zero-order chi connectivity index (χ0) is 16.7. The number of carbonyl (C=O) groups is 1. The van der Waals surface area contributed by atoms with Crippen LogP contribution in [0.5, 0.6) is 5.75 Å². The van der Waals surface area contributed by atoms with Crippen molar-refractivity contribution in [3.63, 3.8) is 0 Å². The largest absolute Gasteiger partial charge is 0.497 e. The van der Waals surface area contributed by atoms with E-state index >= 15 is 0 Å². The molecule has 0 fully saturated rings. The number of carbonyl (C=O) groups excluding carboxylic acids is 1. The number of fused-ring (bicyclic) bond motifs is 3. The first-order chi connectivity index (χ1) is 11.7. The van der Waals surface area contributed by atoms with Gasteiger partial charge in [0.2, 0.25) is 0 Å². The molecular weight excluding hydrogens is 308 g/mol. The van der Waals surface area contributed by atoms with Crippen LogP contribution in [-0.2, 0) is 12.8 Å². The number of benzene rings is 1. The first kappa shape index (κ1) is 14.5. The Morgan fingerprint density at radius 1 is 1.33 bits per heavy atom. The minimum absolute atomic E-state index is 0.269. The van der Waals surface area contributed by atoms with Gasteiger partial charge in [-0.1, -0.05) is 5.16 Å². The molecule has 24 heavy (non-hydrogen) atoms. The third-order valence-corrected chi connectivity index (χ3v) is 4.18. The summed E-state index contributed by atoms with van der Waals surface area (Å²) in [6.07, 6.45) is 1.58. The van der Waals surface area contributed by atoms with Gasteiger partial charge in [-0.2, -0.15) is 5.10 Å². The SMILES string of the molecule is COc1ccc2c(c1)CCc1c-2n[nH]c1C(=O)Nc1cc(C)on1. The fourth-order valence-electron chi connectivity index (χ4n) is 3.02. The fraction of sp³-hybridized carbons (Fsp3) is 0.235. The van der Waals surface area contributed by atoms with Crippen molar-refractivity contribution in [2.45, 2.75) is 19.8 Å². The number of aromatic amines is 1. The lowest BCUT2D eigenvalue weighted by atomic mass is 9.89. The first-order valence-corrected chi connectivity index (χ1v) is 7.65. The number of nitrogens with one attached hydrogen (secondary N) is 2. The van der Waals surface area contributed by atoms with Crippen LogP contribution in [0.25, 0.3) is 11.3 Å². The lowest BCUT2D eigenvalue weighted by molar-refractivity contribution is 0.102. The highest BCUT2D eigenvalue weighted by molar-refractivity contribution is 6.04. The second-order valence-corrected chi connectivity index (χ2v) is 5.73. The third-order valence-electron chi connectivity index (χ3n) is 4.18. The maximum Gasteiger partial charge on any atom is 0.275 e. The third kappa shape index (κ3) is 2.34. The van der Waals surface area contributed by atoms with Crippen LogP contribution in [0.2, 0.25) is 0 Å². The van der Waals surface area contributed by atoms with Crippen molar-refractivity contribution in [3.05, 3.63) is 46.8 Å². The second kappa shape index (κ2) is 5.52. The average molecular weight is 324 g/mol. The maximum atomic E-state index is 12.5. The molecule has 0 atom stereocenters. The Morgan fingerprint density at radius 3 is 2.96 bits per heavy atom. The zero-order valence-corrected chi connectivity index (χ0v) is 13.3. The van der Waals surface area contributed by atoms with Gasteiger partial charge in [0.1, 0.15) is 17.2 Å². The van der Waals surface area contributed by atoms with E-state index in [0.717, 1.165) is 35.4 Å². The number of amides is 1. The number of anilines is 1. The molecule has 0 aliphatic heterocycles. The van der Waals surface area contributed by atoms with Gasteiger partial charge < -0.3 is 14.6 Å². The summed E-state index contributed by atoms with van der Waals surface area (Å²) in [6, 6.07) is 7.57. The van der Waals surface area contributed by atoms with E-state index in [4.69, 9.17) is 9.26 Å². The maximum absolute atomic E-state index is 12.5. The molecule has 2 heterocycles. The number of rotatable bonds is 3. The van der Waals surface area contributed by atoms with Gasteiger partial charge in [-0.3, -0.25) is 9.89 Å². The van der Waals surface area contributed by atoms with Crippen LogP contribution in [0.3, 0.4) is 0 Å². The van der Waals surface area contributed by atoms with E-state index in [0.29, 0.717) is 17.3 Å². The van der Waals surface area contributed by atoms with Crippen molar-refractivity contribution >= 4 is 11.7 Å². The summed E-state index contributed by atoms with van der Waals surface area (Å²) in [6.45, 7) is 1.77. The van der Waals surface area contributed by atoms with Crippen LogP contribution < -0.4 is 10.1 Å². The number of methoxy groups -OCH3 is 1. The van der Waals surface area contributed by atoms with Gasteiger partial charge in [-0.15, -0.1) is 0 Å². The van der Waals surface area contributed by atoms with E-state index in [-0.39, 0.29) is 5.91 Å². The Kier molecular flexibility index (Phi) is 3.34.